The Bertz CT molecular complexity index is 377. The van der Waals surface area contributed by atoms with Gasteiger partial charge in [0, 0.05) is 6.92 Å². The molecule has 0 saturated carbocycles. The Morgan fingerprint density at radius 3 is 2.77 bits per heavy atom. The van der Waals surface area contributed by atoms with Crippen molar-refractivity contribution >= 4 is 5.97 Å². The number of hydrogen-bond donors (Lipinski definition) is 0. The van der Waals surface area contributed by atoms with Gasteiger partial charge in [-0.1, -0.05) is 6.07 Å². The van der Waals surface area contributed by atoms with E-state index in [1.165, 1.54) is 6.92 Å². The molecule has 0 aliphatic carbocycles. The fourth-order valence-electron chi connectivity index (χ4n) is 0.951. The third kappa shape index (κ3) is 2.31. The van der Waals surface area contributed by atoms with Gasteiger partial charge in [0.05, 0.1) is 11.6 Å². The lowest BCUT2D eigenvalue weighted by Crippen LogP contribution is -2.01. The number of ether oxygens (including phenoxy) is 1. The first-order valence-corrected chi connectivity index (χ1v) is 3.82. The highest BCUT2D eigenvalue weighted by atomic mass is 16.5. The Morgan fingerprint density at radius 2 is 2.23 bits per heavy atom. The molecule has 3 nitrogen and oxygen atoms in total. The average Bonchev–Trinajstić information content (AvgIpc) is 2.07. The minimum atomic E-state index is -0.382. The molecule has 3 heteroatoms. The first kappa shape index (κ1) is 9.27. The fraction of sp³-hybridized carbons (Fsp3) is 0.200. The van der Waals surface area contributed by atoms with Crippen molar-refractivity contribution in [3.63, 3.8) is 0 Å². The van der Waals surface area contributed by atoms with Crippen molar-refractivity contribution in [1.29, 1.82) is 5.26 Å². The van der Waals surface area contributed by atoms with E-state index in [9.17, 15) is 4.79 Å². The molecule has 1 aromatic rings. The first-order valence-electron chi connectivity index (χ1n) is 3.82. The first-order chi connectivity index (χ1) is 6.13. The van der Waals surface area contributed by atoms with Gasteiger partial charge >= 0.3 is 5.97 Å². The van der Waals surface area contributed by atoms with Gasteiger partial charge in [0.2, 0.25) is 0 Å². The molecule has 0 aromatic heterocycles. The Hall–Kier alpha value is -1.82. The van der Waals surface area contributed by atoms with Crippen LogP contribution in [0.25, 0.3) is 0 Å². The molecule has 0 N–H and O–H groups in total. The van der Waals surface area contributed by atoms with Crippen LogP contribution in [-0.2, 0) is 4.79 Å². The number of aryl methyl sites for hydroxylation is 1. The van der Waals surface area contributed by atoms with Crippen molar-refractivity contribution in [2.24, 2.45) is 0 Å². The molecule has 0 spiro atoms. The second-order valence-corrected chi connectivity index (χ2v) is 2.68. The number of carbonyl (C=O) groups is 1. The highest BCUT2D eigenvalue weighted by molar-refractivity contribution is 5.69. The third-order valence-corrected chi connectivity index (χ3v) is 1.59. The van der Waals surface area contributed by atoms with Gasteiger partial charge in [-0.05, 0) is 24.6 Å². The summed E-state index contributed by atoms with van der Waals surface area (Å²) >= 11 is 0. The van der Waals surface area contributed by atoms with Crippen molar-refractivity contribution in [3.8, 4) is 11.8 Å². The van der Waals surface area contributed by atoms with Gasteiger partial charge in [-0.25, -0.2) is 0 Å². The molecule has 0 atom stereocenters. The quantitative estimate of drug-likeness (QED) is 0.483. The van der Waals surface area contributed by atoms with Gasteiger partial charge < -0.3 is 4.74 Å². The maximum Gasteiger partial charge on any atom is 0.308 e. The smallest absolute Gasteiger partial charge is 0.308 e. The second kappa shape index (κ2) is 3.72. The average molecular weight is 175 g/mol. The third-order valence-electron chi connectivity index (χ3n) is 1.59. The van der Waals surface area contributed by atoms with E-state index < -0.39 is 0 Å². The molecule has 1 aromatic carbocycles. The van der Waals surface area contributed by atoms with Gasteiger partial charge in [0.25, 0.3) is 0 Å². The molecule has 0 radical (unpaired) electrons. The molecule has 0 fully saturated rings. The van der Waals surface area contributed by atoms with E-state index in [2.05, 4.69) is 0 Å². The van der Waals surface area contributed by atoms with E-state index in [0.717, 1.165) is 5.56 Å². The van der Waals surface area contributed by atoms with Crippen LogP contribution < -0.4 is 4.74 Å². The Labute approximate surface area is 76.6 Å². The van der Waals surface area contributed by atoms with Crippen molar-refractivity contribution < 1.29 is 9.53 Å². The van der Waals surface area contributed by atoms with Crippen LogP contribution in [0.4, 0.5) is 0 Å². The largest absolute Gasteiger partial charge is 0.427 e. The summed E-state index contributed by atoms with van der Waals surface area (Å²) < 4.78 is 4.82. The zero-order valence-electron chi connectivity index (χ0n) is 7.50. The molecular weight excluding hydrogens is 166 g/mol. The molecule has 0 bridgehead atoms. The minimum absolute atomic E-state index is 0.382. The highest BCUT2D eigenvalue weighted by Crippen LogP contribution is 2.16. The number of rotatable bonds is 1. The Kier molecular flexibility index (Phi) is 2.65. The number of carbonyl (C=O) groups excluding carboxylic acids is 1. The molecule has 0 aliphatic heterocycles. The summed E-state index contributed by atoms with van der Waals surface area (Å²) in [6.07, 6.45) is 0. The number of hydrogen-bond acceptors (Lipinski definition) is 3. The summed E-state index contributed by atoms with van der Waals surface area (Å²) in [5, 5.41) is 8.69. The van der Waals surface area contributed by atoms with Crippen LogP contribution in [-0.4, -0.2) is 5.97 Å². The lowest BCUT2D eigenvalue weighted by atomic mass is 10.1. The van der Waals surface area contributed by atoms with Crippen molar-refractivity contribution in [3.05, 3.63) is 29.3 Å². The zero-order valence-corrected chi connectivity index (χ0v) is 7.50. The SMILES string of the molecule is CC(=O)Oc1ccc(C)c(C#N)c1. The number of benzene rings is 1. The molecule has 13 heavy (non-hydrogen) atoms. The van der Waals surface area contributed by atoms with E-state index in [4.69, 9.17) is 10.00 Å². The number of nitrogens with zero attached hydrogens (tertiary/aromatic N) is 1. The monoisotopic (exact) mass is 175 g/mol. The van der Waals surface area contributed by atoms with Crippen molar-refractivity contribution in [2.45, 2.75) is 13.8 Å². The summed E-state index contributed by atoms with van der Waals surface area (Å²) in [5.74, 6) is 0.0300. The molecule has 0 saturated heterocycles. The van der Waals surface area contributed by atoms with E-state index in [0.29, 0.717) is 11.3 Å². The van der Waals surface area contributed by atoms with E-state index in [1.807, 2.05) is 13.0 Å². The van der Waals surface area contributed by atoms with E-state index in [-0.39, 0.29) is 5.97 Å². The van der Waals surface area contributed by atoms with Crippen LogP contribution in [0.1, 0.15) is 18.1 Å². The van der Waals surface area contributed by atoms with Gasteiger partial charge in [-0.2, -0.15) is 5.26 Å². The van der Waals surface area contributed by atoms with Crippen molar-refractivity contribution in [1.82, 2.24) is 0 Å². The summed E-state index contributed by atoms with van der Waals surface area (Å²) in [5.41, 5.74) is 1.40. The normalized spacial score (nSPS) is 9.00. The number of nitriles is 1. The van der Waals surface area contributed by atoms with Crippen LogP contribution in [0, 0.1) is 18.3 Å². The lowest BCUT2D eigenvalue weighted by molar-refractivity contribution is -0.131. The zero-order chi connectivity index (χ0) is 9.84. The summed E-state index contributed by atoms with van der Waals surface area (Å²) in [6, 6.07) is 6.98. The molecule has 66 valence electrons. The lowest BCUT2D eigenvalue weighted by Gasteiger charge is -2.02. The van der Waals surface area contributed by atoms with E-state index >= 15 is 0 Å². The highest BCUT2D eigenvalue weighted by Gasteiger charge is 2.01. The van der Waals surface area contributed by atoms with Gasteiger partial charge in [0.15, 0.2) is 0 Å². The molecule has 0 amide bonds. The summed E-state index contributed by atoms with van der Waals surface area (Å²) in [4.78, 5) is 10.6. The standard InChI is InChI=1S/C10H9NO2/c1-7-3-4-10(13-8(2)12)5-9(7)6-11/h3-5H,1-2H3. The maximum absolute atomic E-state index is 10.6. The maximum atomic E-state index is 10.6. The van der Waals surface area contributed by atoms with Gasteiger partial charge in [-0.15, -0.1) is 0 Å². The van der Waals surface area contributed by atoms with Crippen LogP contribution in [0.3, 0.4) is 0 Å². The summed E-state index contributed by atoms with van der Waals surface area (Å²) in [7, 11) is 0. The summed E-state index contributed by atoms with van der Waals surface area (Å²) in [6.45, 7) is 3.15. The predicted octanol–water partition coefficient (Wildman–Crippen LogP) is 1.79. The predicted molar refractivity (Wildman–Crippen MR) is 47.2 cm³/mol. The van der Waals surface area contributed by atoms with Gasteiger partial charge in [-0.3, -0.25) is 4.79 Å². The molecule has 1 rings (SSSR count). The molecule has 0 aliphatic rings. The van der Waals surface area contributed by atoms with Crippen LogP contribution >= 0.6 is 0 Å². The molecule has 0 unspecified atom stereocenters. The Balaban J connectivity index is 3.01. The second-order valence-electron chi connectivity index (χ2n) is 2.68. The van der Waals surface area contributed by atoms with Crippen molar-refractivity contribution in [2.75, 3.05) is 0 Å². The van der Waals surface area contributed by atoms with E-state index in [1.54, 1.807) is 18.2 Å². The van der Waals surface area contributed by atoms with Crippen LogP contribution in [0.2, 0.25) is 0 Å². The molecule has 0 heterocycles. The van der Waals surface area contributed by atoms with Gasteiger partial charge in [0.1, 0.15) is 5.75 Å². The number of esters is 1. The van der Waals surface area contributed by atoms with Crippen LogP contribution in [0.15, 0.2) is 18.2 Å². The topological polar surface area (TPSA) is 50.1 Å². The Morgan fingerprint density at radius 1 is 1.54 bits per heavy atom. The van der Waals surface area contributed by atoms with Crippen LogP contribution in [0.5, 0.6) is 5.75 Å². The molecular formula is C10H9NO2. The fourth-order valence-corrected chi connectivity index (χ4v) is 0.951. The minimum Gasteiger partial charge on any atom is -0.427 e.